The fraction of sp³-hybridized carbons (Fsp3) is 0.250. The smallest absolute Gasteiger partial charge is 0.118 e. The molecule has 0 N–H and O–H groups in total. The van der Waals surface area contributed by atoms with Crippen LogP contribution in [0.1, 0.15) is 16.7 Å². The molecule has 0 saturated heterocycles. The van der Waals surface area contributed by atoms with Crippen LogP contribution >= 0.6 is 39.3 Å². The molecule has 0 unspecified atom stereocenters. The van der Waals surface area contributed by atoms with E-state index in [4.69, 9.17) is 16.3 Å². The Balaban J connectivity index is 1.92. The van der Waals surface area contributed by atoms with Crippen molar-refractivity contribution >= 4 is 39.3 Å². The van der Waals surface area contributed by atoms with Crippen LogP contribution in [0.15, 0.2) is 39.7 Å². The average molecular weight is 370 g/mol. The van der Waals surface area contributed by atoms with Gasteiger partial charge >= 0.3 is 0 Å². The fourth-order valence-corrected chi connectivity index (χ4v) is 4.78. The zero-order valence-electron chi connectivity index (χ0n) is 11.1. The summed E-state index contributed by atoms with van der Waals surface area (Å²) < 4.78 is 6.37. The maximum absolute atomic E-state index is 6.57. The topological polar surface area (TPSA) is 9.23 Å². The number of benzene rings is 2. The van der Waals surface area contributed by atoms with E-state index in [-0.39, 0.29) is 0 Å². The van der Waals surface area contributed by atoms with Gasteiger partial charge in [-0.05, 0) is 47.7 Å². The molecule has 3 rings (SSSR count). The lowest BCUT2D eigenvalue weighted by Crippen LogP contribution is -1.94. The van der Waals surface area contributed by atoms with Gasteiger partial charge in [0.15, 0.2) is 0 Å². The van der Waals surface area contributed by atoms with Crippen molar-refractivity contribution in [3.05, 3.63) is 56.5 Å². The van der Waals surface area contributed by atoms with E-state index in [0.29, 0.717) is 0 Å². The highest BCUT2D eigenvalue weighted by molar-refractivity contribution is 9.10. The van der Waals surface area contributed by atoms with Gasteiger partial charge < -0.3 is 4.74 Å². The number of ether oxygens (including phenoxy) is 1. The quantitative estimate of drug-likeness (QED) is 0.721. The number of fused-ring (bicyclic) bond motifs is 1. The zero-order chi connectivity index (χ0) is 14.1. The Morgan fingerprint density at radius 1 is 1.30 bits per heavy atom. The van der Waals surface area contributed by atoms with E-state index < -0.39 is 0 Å². The van der Waals surface area contributed by atoms with Crippen molar-refractivity contribution in [3.8, 4) is 5.75 Å². The molecule has 0 saturated carbocycles. The highest BCUT2D eigenvalue weighted by Gasteiger charge is 2.20. The van der Waals surface area contributed by atoms with Crippen LogP contribution in [0.2, 0.25) is 5.02 Å². The summed E-state index contributed by atoms with van der Waals surface area (Å²) in [4.78, 5) is 1.25. The highest BCUT2D eigenvalue weighted by atomic mass is 79.9. The molecule has 20 heavy (non-hydrogen) atoms. The Morgan fingerprint density at radius 2 is 2.05 bits per heavy atom. The lowest BCUT2D eigenvalue weighted by molar-refractivity contribution is 0.414. The summed E-state index contributed by atoms with van der Waals surface area (Å²) >= 11 is 12.1. The van der Waals surface area contributed by atoms with Gasteiger partial charge in [0.25, 0.3) is 0 Å². The SMILES string of the molecule is COc1ccc(Cc2cc(Br)c3c(c2Cl)SCC3)cc1. The van der Waals surface area contributed by atoms with Crippen molar-refractivity contribution < 1.29 is 4.74 Å². The second kappa shape index (κ2) is 6.00. The van der Waals surface area contributed by atoms with Gasteiger partial charge in [0.2, 0.25) is 0 Å². The molecule has 0 radical (unpaired) electrons. The second-order valence-electron chi connectivity index (χ2n) is 4.76. The Labute approximate surface area is 136 Å². The third-order valence-corrected chi connectivity index (χ3v) is 5.90. The summed E-state index contributed by atoms with van der Waals surface area (Å²) in [5.74, 6) is 2.00. The molecule has 0 aliphatic carbocycles. The van der Waals surface area contributed by atoms with Crippen LogP contribution in [0, 0.1) is 0 Å². The molecule has 0 atom stereocenters. The molecule has 0 spiro atoms. The van der Waals surface area contributed by atoms with Crippen LogP contribution in [0.25, 0.3) is 0 Å². The molecule has 1 aliphatic rings. The molecule has 2 aromatic carbocycles. The predicted molar refractivity (Wildman–Crippen MR) is 89.4 cm³/mol. The predicted octanol–water partition coefficient (Wildman–Crippen LogP) is 5.35. The maximum atomic E-state index is 6.57. The number of methoxy groups -OCH3 is 1. The monoisotopic (exact) mass is 368 g/mol. The lowest BCUT2D eigenvalue weighted by atomic mass is 10.0. The van der Waals surface area contributed by atoms with Gasteiger partial charge in [0.05, 0.1) is 12.1 Å². The third kappa shape index (κ3) is 2.72. The van der Waals surface area contributed by atoms with E-state index in [1.54, 1.807) is 7.11 Å². The van der Waals surface area contributed by atoms with E-state index in [2.05, 4.69) is 34.1 Å². The minimum atomic E-state index is 0.843. The maximum Gasteiger partial charge on any atom is 0.118 e. The second-order valence-corrected chi connectivity index (χ2v) is 7.10. The summed E-state index contributed by atoms with van der Waals surface area (Å²) in [6, 6.07) is 10.3. The van der Waals surface area contributed by atoms with Gasteiger partial charge in [-0.2, -0.15) is 0 Å². The fourth-order valence-electron chi connectivity index (χ4n) is 2.42. The van der Waals surface area contributed by atoms with E-state index in [9.17, 15) is 0 Å². The van der Waals surface area contributed by atoms with Crippen molar-refractivity contribution in [2.75, 3.05) is 12.9 Å². The van der Waals surface area contributed by atoms with Crippen molar-refractivity contribution in [1.29, 1.82) is 0 Å². The van der Waals surface area contributed by atoms with E-state index in [0.717, 1.165) is 29.4 Å². The first-order valence-electron chi connectivity index (χ1n) is 6.44. The van der Waals surface area contributed by atoms with Gasteiger partial charge in [-0.15, -0.1) is 11.8 Å². The molecule has 0 fully saturated rings. The van der Waals surface area contributed by atoms with E-state index in [1.165, 1.54) is 26.1 Å². The van der Waals surface area contributed by atoms with Gasteiger partial charge in [-0.3, -0.25) is 0 Å². The van der Waals surface area contributed by atoms with Crippen LogP contribution in [0.3, 0.4) is 0 Å². The molecular weight excluding hydrogens is 356 g/mol. The van der Waals surface area contributed by atoms with Crippen molar-refractivity contribution in [1.82, 2.24) is 0 Å². The van der Waals surface area contributed by atoms with Gasteiger partial charge in [0, 0.05) is 15.1 Å². The molecule has 104 valence electrons. The average Bonchev–Trinajstić information content (AvgIpc) is 2.95. The van der Waals surface area contributed by atoms with Gasteiger partial charge in [-0.1, -0.05) is 39.7 Å². The summed E-state index contributed by atoms with van der Waals surface area (Å²) in [5.41, 5.74) is 3.78. The first-order chi connectivity index (χ1) is 9.69. The van der Waals surface area contributed by atoms with E-state index >= 15 is 0 Å². The molecule has 4 heteroatoms. The minimum Gasteiger partial charge on any atom is -0.497 e. The number of thioether (sulfide) groups is 1. The van der Waals surface area contributed by atoms with Crippen LogP contribution in [0.5, 0.6) is 5.75 Å². The largest absolute Gasteiger partial charge is 0.497 e. The molecule has 2 aromatic rings. The van der Waals surface area contributed by atoms with Gasteiger partial charge in [-0.25, -0.2) is 0 Å². The van der Waals surface area contributed by atoms with Gasteiger partial charge in [0.1, 0.15) is 5.75 Å². The number of hydrogen-bond acceptors (Lipinski definition) is 2. The lowest BCUT2D eigenvalue weighted by Gasteiger charge is -2.11. The first-order valence-corrected chi connectivity index (χ1v) is 8.60. The molecule has 1 heterocycles. The van der Waals surface area contributed by atoms with Crippen LogP contribution in [-0.4, -0.2) is 12.9 Å². The molecular formula is C16H14BrClOS. The molecule has 0 amide bonds. The number of rotatable bonds is 3. The molecule has 0 aromatic heterocycles. The number of hydrogen-bond donors (Lipinski definition) is 0. The summed E-state index contributed by atoms with van der Waals surface area (Å²) in [7, 11) is 1.68. The first kappa shape index (κ1) is 14.3. The molecule has 0 bridgehead atoms. The van der Waals surface area contributed by atoms with Crippen molar-refractivity contribution in [2.45, 2.75) is 17.7 Å². The Hall–Kier alpha value is -0.640. The Bertz CT molecular complexity index is 640. The molecule has 1 nitrogen and oxygen atoms in total. The molecule has 1 aliphatic heterocycles. The highest BCUT2D eigenvalue weighted by Crippen LogP contribution is 2.43. The normalized spacial score (nSPS) is 13.3. The Morgan fingerprint density at radius 3 is 2.75 bits per heavy atom. The number of halogens is 2. The Kier molecular flexibility index (Phi) is 4.29. The summed E-state index contributed by atoms with van der Waals surface area (Å²) in [6.45, 7) is 0. The van der Waals surface area contributed by atoms with Crippen molar-refractivity contribution in [2.24, 2.45) is 0 Å². The standard InChI is InChI=1S/C16H14BrClOS/c1-19-12-4-2-10(3-5-12)8-11-9-14(17)13-6-7-20-16(13)15(11)18/h2-5,9H,6-8H2,1H3. The van der Waals surface area contributed by atoms with E-state index in [1.807, 2.05) is 23.9 Å². The third-order valence-electron chi connectivity index (χ3n) is 3.50. The van der Waals surface area contributed by atoms with Crippen molar-refractivity contribution in [3.63, 3.8) is 0 Å². The summed E-state index contributed by atoms with van der Waals surface area (Å²) in [6.07, 6.45) is 1.94. The van der Waals surface area contributed by atoms with Crippen LogP contribution in [-0.2, 0) is 12.8 Å². The summed E-state index contributed by atoms with van der Waals surface area (Å²) in [5, 5.41) is 0.918. The van der Waals surface area contributed by atoms with Crippen LogP contribution in [0.4, 0.5) is 0 Å². The minimum absolute atomic E-state index is 0.843. The van der Waals surface area contributed by atoms with Crippen LogP contribution < -0.4 is 4.74 Å². The zero-order valence-corrected chi connectivity index (χ0v) is 14.2.